The zero-order valence-electron chi connectivity index (χ0n) is 8.78. The van der Waals surface area contributed by atoms with Crippen molar-refractivity contribution in [2.45, 2.75) is 52.1 Å². The van der Waals surface area contributed by atoms with Crippen molar-refractivity contribution >= 4 is 11.9 Å². The predicted octanol–water partition coefficient (Wildman–Crippen LogP) is 1.97. The summed E-state index contributed by atoms with van der Waals surface area (Å²) in [5.74, 6) is -1.01. The van der Waals surface area contributed by atoms with Crippen LogP contribution in [0.5, 0.6) is 0 Å². The second kappa shape index (κ2) is 7.35. The average Bonchev–Trinajstić information content (AvgIpc) is 2.01. The molecule has 0 amide bonds. The van der Waals surface area contributed by atoms with E-state index in [0.29, 0.717) is 6.42 Å². The third-order valence-electron chi connectivity index (χ3n) is 1.87. The van der Waals surface area contributed by atoms with Crippen molar-refractivity contribution in [3.63, 3.8) is 0 Å². The summed E-state index contributed by atoms with van der Waals surface area (Å²) in [7, 11) is 0. The van der Waals surface area contributed by atoms with Gasteiger partial charge < -0.3 is 9.84 Å². The first-order chi connectivity index (χ1) is 6.52. The SMILES string of the molecule is CC(=O)OC(C)CCCCCC(=O)O. The highest BCUT2D eigenvalue weighted by atomic mass is 16.5. The lowest BCUT2D eigenvalue weighted by Crippen LogP contribution is -2.11. The molecule has 0 spiro atoms. The van der Waals surface area contributed by atoms with Gasteiger partial charge in [-0.2, -0.15) is 0 Å². The number of hydrogen-bond donors (Lipinski definition) is 1. The van der Waals surface area contributed by atoms with Crippen LogP contribution >= 0.6 is 0 Å². The molecule has 4 heteroatoms. The minimum Gasteiger partial charge on any atom is -0.481 e. The number of rotatable bonds is 7. The minimum absolute atomic E-state index is 0.0580. The number of carbonyl (C=O) groups is 2. The molecule has 1 atom stereocenters. The second-order valence-electron chi connectivity index (χ2n) is 3.41. The summed E-state index contributed by atoms with van der Waals surface area (Å²) in [5.41, 5.74) is 0. The molecule has 0 fully saturated rings. The van der Waals surface area contributed by atoms with Crippen molar-refractivity contribution in [2.24, 2.45) is 0 Å². The molecule has 0 rings (SSSR count). The van der Waals surface area contributed by atoms with Gasteiger partial charge in [-0.1, -0.05) is 6.42 Å². The van der Waals surface area contributed by atoms with E-state index < -0.39 is 5.97 Å². The Morgan fingerprint density at radius 3 is 2.43 bits per heavy atom. The lowest BCUT2D eigenvalue weighted by molar-refractivity contribution is -0.145. The maximum absolute atomic E-state index is 10.5. The molecular formula is C10H18O4. The van der Waals surface area contributed by atoms with Crippen molar-refractivity contribution < 1.29 is 19.4 Å². The quantitative estimate of drug-likeness (QED) is 0.506. The molecule has 1 unspecified atom stereocenters. The summed E-state index contributed by atoms with van der Waals surface area (Å²) < 4.78 is 4.92. The number of unbranched alkanes of at least 4 members (excludes halogenated alkanes) is 2. The molecule has 0 aromatic carbocycles. The smallest absolute Gasteiger partial charge is 0.303 e. The van der Waals surface area contributed by atoms with Gasteiger partial charge in [0, 0.05) is 13.3 Å². The number of carbonyl (C=O) groups excluding carboxylic acids is 1. The number of carboxylic acids is 1. The van der Waals surface area contributed by atoms with Gasteiger partial charge in [-0.3, -0.25) is 9.59 Å². The van der Waals surface area contributed by atoms with Crippen LogP contribution in [-0.4, -0.2) is 23.1 Å². The molecule has 0 saturated heterocycles. The summed E-state index contributed by atoms with van der Waals surface area (Å²) in [5, 5.41) is 8.37. The van der Waals surface area contributed by atoms with Gasteiger partial charge in [0.25, 0.3) is 0 Å². The Labute approximate surface area is 84.3 Å². The molecule has 4 nitrogen and oxygen atoms in total. The Kier molecular flexibility index (Phi) is 6.80. The standard InChI is InChI=1S/C10H18O4/c1-8(14-9(2)11)6-4-3-5-7-10(12)13/h8H,3-7H2,1-2H3,(H,12,13). The first-order valence-electron chi connectivity index (χ1n) is 4.91. The van der Waals surface area contributed by atoms with Gasteiger partial charge in [0.2, 0.25) is 0 Å². The highest BCUT2D eigenvalue weighted by Gasteiger charge is 2.04. The summed E-state index contributed by atoms with van der Waals surface area (Å²) in [6.45, 7) is 3.24. The summed E-state index contributed by atoms with van der Waals surface area (Å²) in [6.07, 6.45) is 3.44. The number of carboxylic acid groups (broad SMARTS) is 1. The van der Waals surface area contributed by atoms with Gasteiger partial charge in [0.1, 0.15) is 0 Å². The minimum atomic E-state index is -0.752. The molecule has 0 aliphatic rings. The Hall–Kier alpha value is -1.06. The van der Waals surface area contributed by atoms with Gasteiger partial charge in [0.05, 0.1) is 6.10 Å². The Morgan fingerprint density at radius 2 is 1.93 bits per heavy atom. The lowest BCUT2D eigenvalue weighted by atomic mass is 10.1. The van der Waals surface area contributed by atoms with Crippen molar-refractivity contribution in [1.29, 1.82) is 0 Å². The van der Waals surface area contributed by atoms with Crippen molar-refractivity contribution in [3.05, 3.63) is 0 Å². The monoisotopic (exact) mass is 202 g/mol. The van der Waals surface area contributed by atoms with E-state index in [9.17, 15) is 9.59 Å². The van der Waals surface area contributed by atoms with E-state index >= 15 is 0 Å². The Bertz CT molecular complexity index is 189. The molecule has 82 valence electrons. The maximum atomic E-state index is 10.5. The number of hydrogen-bond acceptors (Lipinski definition) is 3. The van der Waals surface area contributed by atoms with Crippen LogP contribution in [0.15, 0.2) is 0 Å². The third kappa shape index (κ3) is 9.03. The fraction of sp³-hybridized carbons (Fsp3) is 0.800. The molecule has 0 saturated carbocycles. The first-order valence-corrected chi connectivity index (χ1v) is 4.91. The topological polar surface area (TPSA) is 63.6 Å². The summed E-state index contributed by atoms with van der Waals surface area (Å²) in [6, 6.07) is 0. The number of ether oxygens (including phenoxy) is 1. The van der Waals surface area contributed by atoms with Gasteiger partial charge in [-0.25, -0.2) is 0 Å². The van der Waals surface area contributed by atoms with Crippen LogP contribution < -0.4 is 0 Å². The van der Waals surface area contributed by atoms with E-state index in [1.807, 2.05) is 6.92 Å². The van der Waals surface area contributed by atoms with Gasteiger partial charge >= 0.3 is 11.9 Å². The fourth-order valence-corrected chi connectivity index (χ4v) is 1.23. The zero-order chi connectivity index (χ0) is 11.0. The van der Waals surface area contributed by atoms with E-state index in [0.717, 1.165) is 19.3 Å². The molecule has 0 aliphatic heterocycles. The molecule has 14 heavy (non-hydrogen) atoms. The Balaban J connectivity index is 3.27. The maximum Gasteiger partial charge on any atom is 0.303 e. The molecule has 1 N–H and O–H groups in total. The second-order valence-corrected chi connectivity index (χ2v) is 3.41. The molecule has 0 aromatic heterocycles. The zero-order valence-corrected chi connectivity index (χ0v) is 8.78. The summed E-state index contributed by atoms with van der Waals surface area (Å²) in [4.78, 5) is 20.7. The molecule has 0 bridgehead atoms. The van der Waals surface area contributed by atoms with Crippen LogP contribution in [0.2, 0.25) is 0 Å². The highest BCUT2D eigenvalue weighted by Crippen LogP contribution is 2.08. The highest BCUT2D eigenvalue weighted by molar-refractivity contribution is 5.66. The molecule has 0 aliphatic carbocycles. The average molecular weight is 202 g/mol. The van der Waals surface area contributed by atoms with E-state index in [1.165, 1.54) is 6.92 Å². The van der Waals surface area contributed by atoms with E-state index in [-0.39, 0.29) is 18.5 Å². The lowest BCUT2D eigenvalue weighted by Gasteiger charge is -2.10. The van der Waals surface area contributed by atoms with Crippen LogP contribution in [-0.2, 0) is 14.3 Å². The van der Waals surface area contributed by atoms with Crippen LogP contribution in [0, 0.1) is 0 Å². The van der Waals surface area contributed by atoms with E-state index in [2.05, 4.69) is 0 Å². The van der Waals surface area contributed by atoms with Crippen LogP contribution in [0.1, 0.15) is 46.0 Å². The third-order valence-corrected chi connectivity index (χ3v) is 1.87. The van der Waals surface area contributed by atoms with Crippen LogP contribution in [0.25, 0.3) is 0 Å². The fourth-order valence-electron chi connectivity index (χ4n) is 1.23. The van der Waals surface area contributed by atoms with E-state index in [4.69, 9.17) is 9.84 Å². The van der Waals surface area contributed by atoms with Crippen LogP contribution in [0.4, 0.5) is 0 Å². The van der Waals surface area contributed by atoms with Crippen molar-refractivity contribution in [2.75, 3.05) is 0 Å². The molecule has 0 heterocycles. The van der Waals surface area contributed by atoms with Gasteiger partial charge in [0.15, 0.2) is 0 Å². The predicted molar refractivity (Wildman–Crippen MR) is 51.9 cm³/mol. The number of esters is 1. The van der Waals surface area contributed by atoms with Crippen molar-refractivity contribution in [1.82, 2.24) is 0 Å². The van der Waals surface area contributed by atoms with Gasteiger partial charge in [-0.05, 0) is 26.2 Å². The van der Waals surface area contributed by atoms with Crippen molar-refractivity contribution in [3.8, 4) is 0 Å². The normalized spacial score (nSPS) is 12.1. The first kappa shape index (κ1) is 12.9. The van der Waals surface area contributed by atoms with E-state index in [1.54, 1.807) is 0 Å². The molecule has 0 radical (unpaired) electrons. The molecule has 0 aromatic rings. The summed E-state index contributed by atoms with van der Waals surface area (Å²) >= 11 is 0. The number of aliphatic carboxylic acids is 1. The Morgan fingerprint density at radius 1 is 1.29 bits per heavy atom. The largest absolute Gasteiger partial charge is 0.481 e. The van der Waals surface area contributed by atoms with Gasteiger partial charge in [-0.15, -0.1) is 0 Å². The molecular weight excluding hydrogens is 184 g/mol. The van der Waals surface area contributed by atoms with Crippen LogP contribution in [0.3, 0.4) is 0 Å².